The van der Waals surface area contributed by atoms with Gasteiger partial charge >= 0.3 is 0 Å². The molecule has 2 aromatic rings. The number of nitrogens with two attached hydrogens (primary N) is 1. The summed E-state index contributed by atoms with van der Waals surface area (Å²) in [7, 11) is 0. The summed E-state index contributed by atoms with van der Waals surface area (Å²) in [5, 5.41) is 1.02. The fourth-order valence-electron chi connectivity index (χ4n) is 1.78. The molecule has 0 unspecified atom stereocenters. The van der Waals surface area contributed by atoms with E-state index in [2.05, 4.69) is 53.3 Å². The van der Waals surface area contributed by atoms with Crippen molar-refractivity contribution in [3.05, 3.63) is 37.5 Å². The van der Waals surface area contributed by atoms with Crippen LogP contribution in [0.3, 0.4) is 0 Å². The van der Waals surface area contributed by atoms with Gasteiger partial charge in [-0.2, -0.15) is 0 Å². The van der Waals surface area contributed by atoms with E-state index < -0.39 is 0 Å². The fourth-order valence-corrected chi connectivity index (χ4v) is 3.40. The Balaban J connectivity index is 2.74. The lowest BCUT2D eigenvalue weighted by Crippen LogP contribution is -2.18. The highest BCUT2D eigenvalue weighted by atomic mass is 127. The highest BCUT2D eigenvalue weighted by molar-refractivity contribution is 14.1. The first-order chi connectivity index (χ1) is 9.21. The third-order valence-corrected chi connectivity index (χ3v) is 4.47. The van der Waals surface area contributed by atoms with E-state index in [1.54, 1.807) is 18.2 Å². The molecule has 0 amide bonds. The number of halogens is 3. The van der Waals surface area contributed by atoms with Gasteiger partial charge in [0.25, 0.3) is 0 Å². The lowest BCUT2D eigenvalue weighted by molar-refractivity contribution is 0.564. The van der Waals surface area contributed by atoms with Crippen LogP contribution in [-0.2, 0) is 5.41 Å². The Labute approximate surface area is 142 Å². The van der Waals surface area contributed by atoms with Gasteiger partial charge in [-0.3, -0.25) is 0 Å². The van der Waals surface area contributed by atoms with E-state index in [9.17, 15) is 0 Å². The lowest BCUT2D eigenvalue weighted by atomic mass is 9.92. The van der Waals surface area contributed by atoms with E-state index in [0.29, 0.717) is 27.3 Å². The summed E-state index contributed by atoms with van der Waals surface area (Å²) < 4.78 is 0.863. The maximum absolute atomic E-state index is 6.22. The molecule has 0 spiro atoms. The summed E-state index contributed by atoms with van der Waals surface area (Å²) in [5.41, 5.74) is 7.37. The topological polar surface area (TPSA) is 51.8 Å². The smallest absolute Gasteiger partial charge is 0.164 e. The molecule has 2 rings (SSSR count). The largest absolute Gasteiger partial charge is 0.383 e. The van der Waals surface area contributed by atoms with Gasteiger partial charge in [-0.25, -0.2) is 9.97 Å². The molecular formula is C14H14Cl2IN3. The molecule has 0 aliphatic rings. The number of nitrogens with zero attached hydrogens (tertiary/aromatic N) is 2. The molecular weight excluding hydrogens is 408 g/mol. The maximum atomic E-state index is 6.22. The molecule has 106 valence electrons. The average Bonchev–Trinajstić information content (AvgIpc) is 2.31. The minimum absolute atomic E-state index is 0.143. The molecule has 3 nitrogen and oxygen atoms in total. The van der Waals surface area contributed by atoms with E-state index in [4.69, 9.17) is 28.9 Å². The molecule has 0 saturated carbocycles. The quantitative estimate of drug-likeness (QED) is 0.663. The van der Waals surface area contributed by atoms with Gasteiger partial charge in [0.2, 0.25) is 0 Å². The molecule has 1 aromatic heterocycles. The Morgan fingerprint density at radius 1 is 1.10 bits per heavy atom. The minimum atomic E-state index is -0.143. The van der Waals surface area contributed by atoms with E-state index in [1.165, 1.54) is 0 Å². The van der Waals surface area contributed by atoms with Crippen LogP contribution in [0.2, 0.25) is 10.0 Å². The summed E-state index contributed by atoms with van der Waals surface area (Å²) in [4.78, 5) is 8.96. The number of nitrogen functional groups attached to an aromatic ring is 1. The van der Waals surface area contributed by atoms with Gasteiger partial charge in [-0.15, -0.1) is 0 Å². The molecule has 6 heteroatoms. The highest BCUT2D eigenvalue weighted by Crippen LogP contribution is 2.36. The standard InChI is InChI=1S/C14H14Cl2IN3/c1-14(2,3)11-10(17)12(18)20-13(19-11)9-7(15)5-4-6-8(9)16/h4-6H,1-3H3,(H2,18,19,20). The van der Waals surface area contributed by atoms with Crippen molar-refractivity contribution in [1.29, 1.82) is 0 Å². The van der Waals surface area contributed by atoms with Crippen molar-refractivity contribution >= 4 is 51.6 Å². The molecule has 2 N–H and O–H groups in total. The zero-order valence-corrected chi connectivity index (χ0v) is 15.0. The average molecular weight is 422 g/mol. The van der Waals surface area contributed by atoms with Crippen LogP contribution < -0.4 is 5.73 Å². The first-order valence-corrected chi connectivity index (χ1v) is 7.83. The predicted molar refractivity (Wildman–Crippen MR) is 93.3 cm³/mol. The summed E-state index contributed by atoms with van der Waals surface area (Å²) in [5.74, 6) is 0.903. The van der Waals surface area contributed by atoms with Crippen molar-refractivity contribution in [2.75, 3.05) is 5.73 Å². The van der Waals surface area contributed by atoms with Crippen molar-refractivity contribution in [3.8, 4) is 11.4 Å². The van der Waals surface area contributed by atoms with Crippen LogP contribution >= 0.6 is 45.8 Å². The van der Waals surface area contributed by atoms with Crippen LogP contribution in [0, 0.1) is 3.57 Å². The number of rotatable bonds is 1. The molecule has 1 aromatic carbocycles. The van der Waals surface area contributed by atoms with Crippen LogP contribution in [-0.4, -0.2) is 9.97 Å². The number of hydrogen-bond donors (Lipinski definition) is 1. The van der Waals surface area contributed by atoms with Crippen LogP contribution in [0.25, 0.3) is 11.4 Å². The Bertz CT molecular complexity index is 646. The lowest BCUT2D eigenvalue weighted by Gasteiger charge is -2.21. The van der Waals surface area contributed by atoms with Gasteiger partial charge in [0, 0.05) is 5.41 Å². The van der Waals surface area contributed by atoms with Crippen molar-refractivity contribution in [1.82, 2.24) is 9.97 Å². The number of hydrogen-bond acceptors (Lipinski definition) is 3. The minimum Gasteiger partial charge on any atom is -0.383 e. The summed E-state index contributed by atoms with van der Waals surface area (Å²) in [6, 6.07) is 5.31. The van der Waals surface area contributed by atoms with Crippen LogP contribution in [0.5, 0.6) is 0 Å². The number of aromatic nitrogens is 2. The maximum Gasteiger partial charge on any atom is 0.164 e. The van der Waals surface area contributed by atoms with Crippen LogP contribution in [0.15, 0.2) is 18.2 Å². The third kappa shape index (κ3) is 3.02. The summed E-state index contributed by atoms with van der Waals surface area (Å²) in [6.45, 7) is 6.23. The first kappa shape index (κ1) is 15.8. The zero-order valence-electron chi connectivity index (χ0n) is 11.3. The zero-order chi connectivity index (χ0) is 15.1. The third-order valence-electron chi connectivity index (χ3n) is 2.77. The second-order valence-corrected chi connectivity index (χ2v) is 7.33. The van der Waals surface area contributed by atoms with Gasteiger partial charge in [0.05, 0.1) is 24.9 Å². The van der Waals surface area contributed by atoms with E-state index in [1.807, 2.05) is 0 Å². The molecule has 20 heavy (non-hydrogen) atoms. The highest BCUT2D eigenvalue weighted by Gasteiger charge is 2.24. The van der Waals surface area contributed by atoms with Gasteiger partial charge in [-0.1, -0.05) is 50.0 Å². The fraction of sp³-hybridized carbons (Fsp3) is 0.286. The first-order valence-electron chi connectivity index (χ1n) is 5.99. The van der Waals surface area contributed by atoms with Crippen LogP contribution in [0.1, 0.15) is 26.5 Å². The van der Waals surface area contributed by atoms with Gasteiger partial charge in [-0.05, 0) is 34.7 Å². The molecule has 0 aliphatic heterocycles. The van der Waals surface area contributed by atoms with Crippen molar-refractivity contribution < 1.29 is 0 Å². The van der Waals surface area contributed by atoms with E-state index >= 15 is 0 Å². The predicted octanol–water partition coefficient (Wildman–Crippen LogP) is 4.93. The van der Waals surface area contributed by atoms with Crippen molar-refractivity contribution in [2.24, 2.45) is 0 Å². The summed E-state index contributed by atoms with van der Waals surface area (Å²) in [6.07, 6.45) is 0. The Kier molecular flexibility index (Phi) is 4.47. The molecule has 0 atom stereocenters. The number of anilines is 1. The Morgan fingerprint density at radius 3 is 2.15 bits per heavy atom. The van der Waals surface area contributed by atoms with Gasteiger partial charge in [0.1, 0.15) is 5.82 Å². The second kappa shape index (κ2) is 5.66. The molecule has 0 saturated heterocycles. The normalized spacial score (nSPS) is 11.7. The molecule has 0 aliphatic carbocycles. The summed E-state index contributed by atoms with van der Waals surface area (Å²) >= 11 is 14.6. The monoisotopic (exact) mass is 421 g/mol. The second-order valence-electron chi connectivity index (χ2n) is 5.44. The molecule has 0 radical (unpaired) electrons. The van der Waals surface area contributed by atoms with Crippen LogP contribution in [0.4, 0.5) is 5.82 Å². The SMILES string of the molecule is CC(C)(C)c1nc(-c2c(Cl)cccc2Cl)nc(N)c1I. The van der Waals surface area contributed by atoms with Gasteiger partial charge < -0.3 is 5.73 Å². The van der Waals surface area contributed by atoms with E-state index in [0.717, 1.165) is 9.26 Å². The molecule has 0 bridgehead atoms. The van der Waals surface area contributed by atoms with E-state index in [-0.39, 0.29) is 5.41 Å². The Hall–Kier alpha value is -0.590. The van der Waals surface area contributed by atoms with Crippen molar-refractivity contribution in [3.63, 3.8) is 0 Å². The van der Waals surface area contributed by atoms with Gasteiger partial charge in [0.15, 0.2) is 5.82 Å². The molecule has 0 fully saturated rings. The molecule has 1 heterocycles. The number of benzene rings is 1. The Morgan fingerprint density at radius 2 is 1.65 bits per heavy atom. The van der Waals surface area contributed by atoms with Crippen molar-refractivity contribution in [2.45, 2.75) is 26.2 Å².